The third-order valence-corrected chi connectivity index (χ3v) is 5.41. The molecule has 7 nitrogen and oxygen atoms in total. The molecule has 1 aliphatic rings. The van der Waals surface area contributed by atoms with Crippen LogP contribution in [0.15, 0.2) is 83.5 Å². The number of rotatable bonds is 7. The number of carbonyl (C=O) groups excluding carboxylic acids is 3. The van der Waals surface area contributed by atoms with Crippen LogP contribution in [0.4, 0.5) is 4.79 Å². The molecule has 4 rings (SSSR count). The summed E-state index contributed by atoms with van der Waals surface area (Å²) in [4.78, 5) is 39.1. The molecule has 2 aromatic carbocycles. The van der Waals surface area contributed by atoms with Gasteiger partial charge in [-0.1, -0.05) is 60.7 Å². The monoisotopic (exact) mass is 417 g/mol. The van der Waals surface area contributed by atoms with Crippen LogP contribution in [0.1, 0.15) is 29.9 Å². The van der Waals surface area contributed by atoms with Gasteiger partial charge in [0.05, 0.1) is 12.3 Å². The number of nitrogens with one attached hydrogen (secondary N) is 2. The zero-order valence-electron chi connectivity index (χ0n) is 17.1. The summed E-state index contributed by atoms with van der Waals surface area (Å²) in [5, 5.41) is 5.60. The molecular formula is C24H23N3O4. The molecule has 7 heteroatoms. The van der Waals surface area contributed by atoms with E-state index in [9.17, 15) is 14.4 Å². The number of hydrogen-bond acceptors (Lipinski definition) is 4. The summed E-state index contributed by atoms with van der Waals surface area (Å²) in [6.07, 6.45) is 2.02. The lowest BCUT2D eigenvalue weighted by Crippen LogP contribution is -2.44. The predicted molar refractivity (Wildman–Crippen MR) is 114 cm³/mol. The van der Waals surface area contributed by atoms with Crippen molar-refractivity contribution >= 4 is 17.8 Å². The largest absolute Gasteiger partial charge is 0.466 e. The summed E-state index contributed by atoms with van der Waals surface area (Å²) in [5.74, 6) is -0.626. The van der Waals surface area contributed by atoms with Crippen molar-refractivity contribution in [2.24, 2.45) is 0 Å². The molecule has 3 aromatic rings. The fraction of sp³-hybridized carbons (Fsp3) is 0.208. The molecule has 31 heavy (non-hydrogen) atoms. The summed E-state index contributed by atoms with van der Waals surface area (Å²) < 4.78 is 5.32. The Labute approximate surface area is 180 Å². The maximum Gasteiger partial charge on any atom is 0.325 e. The maximum absolute atomic E-state index is 12.9. The molecule has 0 bridgehead atoms. The van der Waals surface area contributed by atoms with Gasteiger partial charge in [-0.25, -0.2) is 4.79 Å². The summed E-state index contributed by atoms with van der Waals surface area (Å²) in [6.45, 7) is 1.19. The number of hydrogen-bond donors (Lipinski definition) is 2. The first-order valence-corrected chi connectivity index (χ1v) is 10.0. The molecule has 2 unspecified atom stereocenters. The van der Waals surface area contributed by atoms with E-state index in [-0.39, 0.29) is 12.6 Å². The van der Waals surface area contributed by atoms with E-state index < -0.39 is 23.4 Å². The first kappa shape index (κ1) is 20.4. The van der Waals surface area contributed by atoms with Gasteiger partial charge in [0.15, 0.2) is 5.54 Å². The van der Waals surface area contributed by atoms with Gasteiger partial charge in [0.2, 0.25) is 5.91 Å². The van der Waals surface area contributed by atoms with E-state index in [4.69, 9.17) is 4.42 Å². The fourth-order valence-corrected chi connectivity index (χ4v) is 3.74. The van der Waals surface area contributed by atoms with Crippen molar-refractivity contribution in [1.29, 1.82) is 0 Å². The van der Waals surface area contributed by atoms with Gasteiger partial charge < -0.3 is 15.1 Å². The van der Waals surface area contributed by atoms with E-state index in [2.05, 4.69) is 10.6 Å². The second kappa shape index (κ2) is 8.47. The highest BCUT2D eigenvalue weighted by Crippen LogP contribution is 2.29. The maximum atomic E-state index is 12.9. The Bertz CT molecular complexity index is 1070. The van der Waals surface area contributed by atoms with Crippen LogP contribution in [0, 0.1) is 0 Å². The molecule has 0 spiro atoms. The van der Waals surface area contributed by atoms with Crippen LogP contribution >= 0.6 is 0 Å². The zero-order valence-corrected chi connectivity index (χ0v) is 17.1. The number of amides is 4. The first-order chi connectivity index (χ1) is 15.0. The Morgan fingerprint density at radius 2 is 1.71 bits per heavy atom. The van der Waals surface area contributed by atoms with Gasteiger partial charge in [0.25, 0.3) is 5.91 Å². The van der Waals surface area contributed by atoms with Gasteiger partial charge in [0, 0.05) is 0 Å². The topological polar surface area (TPSA) is 91.7 Å². The zero-order chi connectivity index (χ0) is 21.8. The second-order valence-corrected chi connectivity index (χ2v) is 7.64. The lowest BCUT2D eigenvalue weighted by molar-refractivity contribution is -0.135. The average Bonchev–Trinajstić information content (AvgIpc) is 3.39. The van der Waals surface area contributed by atoms with E-state index in [1.54, 1.807) is 19.1 Å². The van der Waals surface area contributed by atoms with E-state index >= 15 is 0 Å². The van der Waals surface area contributed by atoms with E-state index in [0.717, 1.165) is 16.0 Å². The third-order valence-electron chi connectivity index (χ3n) is 5.41. The van der Waals surface area contributed by atoms with Gasteiger partial charge in [0.1, 0.15) is 12.3 Å². The molecule has 1 aromatic heterocycles. The lowest BCUT2D eigenvalue weighted by atomic mass is 9.98. The van der Waals surface area contributed by atoms with Crippen LogP contribution in [0.5, 0.6) is 0 Å². The van der Waals surface area contributed by atoms with Crippen LogP contribution in [0.2, 0.25) is 0 Å². The van der Waals surface area contributed by atoms with Gasteiger partial charge in [-0.05, 0) is 36.6 Å². The van der Waals surface area contributed by atoms with E-state index in [1.807, 2.05) is 60.7 Å². The number of urea groups is 1. The Morgan fingerprint density at radius 1 is 1.03 bits per heavy atom. The van der Waals surface area contributed by atoms with Crippen molar-refractivity contribution in [3.8, 4) is 0 Å². The average molecular weight is 417 g/mol. The normalized spacial score (nSPS) is 19.2. The summed E-state index contributed by atoms with van der Waals surface area (Å²) in [6, 6.07) is 21.8. The van der Waals surface area contributed by atoms with E-state index in [1.165, 1.54) is 6.26 Å². The molecular weight excluding hydrogens is 394 g/mol. The summed E-state index contributed by atoms with van der Waals surface area (Å²) >= 11 is 0. The van der Waals surface area contributed by atoms with Crippen LogP contribution in [0.3, 0.4) is 0 Å². The molecule has 1 aliphatic heterocycles. The molecule has 1 saturated heterocycles. The van der Waals surface area contributed by atoms with Crippen molar-refractivity contribution in [3.63, 3.8) is 0 Å². The quantitative estimate of drug-likeness (QED) is 0.578. The highest BCUT2D eigenvalue weighted by Gasteiger charge is 2.51. The Kier molecular flexibility index (Phi) is 5.58. The number of nitrogens with zero attached hydrogens (tertiary/aromatic N) is 1. The van der Waals surface area contributed by atoms with Gasteiger partial charge >= 0.3 is 6.03 Å². The molecule has 0 radical (unpaired) electrons. The predicted octanol–water partition coefficient (Wildman–Crippen LogP) is 3.15. The molecule has 158 valence electrons. The number of carbonyl (C=O) groups is 3. The number of imide groups is 1. The van der Waals surface area contributed by atoms with Crippen molar-refractivity contribution in [3.05, 3.63) is 95.9 Å². The van der Waals surface area contributed by atoms with Gasteiger partial charge in [-0.2, -0.15) is 0 Å². The number of furan rings is 1. The summed E-state index contributed by atoms with van der Waals surface area (Å²) in [5.41, 5.74) is 0.679. The number of benzene rings is 2. The van der Waals surface area contributed by atoms with Crippen molar-refractivity contribution in [2.75, 3.05) is 6.54 Å². The smallest absolute Gasteiger partial charge is 0.325 e. The minimum Gasteiger partial charge on any atom is -0.466 e. The molecule has 4 amide bonds. The van der Waals surface area contributed by atoms with Crippen molar-refractivity contribution in [2.45, 2.75) is 24.9 Å². The first-order valence-electron chi connectivity index (χ1n) is 10.0. The van der Waals surface area contributed by atoms with Crippen molar-refractivity contribution in [1.82, 2.24) is 15.5 Å². The fourth-order valence-electron chi connectivity index (χ4n) is 3.74. The highest BCUT2D eigenvalue weighted by atomic mass is 16.3. The minimum absolute atomic E-state index is 0.298. The van der Waals surface area contributed by atoms with E-state index in [0.29, 0.717) is 12.2 Å². The molecule has 2 atom stereocenters. The van der Waals surface area contributed by atoms with Crippen LogP contribution in [0.25, 0.3) is 0 Å². The molecule has 2 heterocycles. The third kappa shape index (κ3) is 4.21. The Hall–Kier alpha value is -3.87. The van der Waals surface area contributed by atoms with Gasteiger partial charge in [-0.15, -0.1) is 0 Å². The minimum atomic E-state index is -1.33. The van der Waals surface area contributed by atoms with Crippen molar-refractivity contribution < 1.29 is 18.8 Å². The Balaban J connectivity index is 1.49. The van der Waals surface area contributed by atoms with Crippen LogP contribution in [-0.2, 0) is 21.5 Å². The van der Waals surface area contributed by atoms with Crippen LogP contribution < -0.4 is 10.6 Å². The van der Waals surface area contributed by atoms with Gasteiger partial charge in [-0.3, -0.25) is 14.5 Å². The lowest BCUT2D eigenvalue weighted by Gasteiger charge is -2.22. The second-order valence-electron chi connectivity index (χ2n) is 7.64. The highest BCUT2D eigenvalue weighted by molar-refractivity contribution is 6.08. The molecule has 1 fully saturated rings. The molecule has 2 N–H and O–H groups in total. The summed E-state index contributed by atoms with van der Waals surface area (Å²) in [7, 11) is 0. The Morgan fingerprint density at radius 3 is 2.35 bits per heavy atom. The SMILES string of the molecule is CC1(c2ccco2)NC(=O)N(CC(=O)NC(Cc2ccccc2)c2ccccc2)C1=O. The molecule has 0 saturated carbocycles. The standard InChI is InChI=1S/C24H23N3O4/c1-24(20-13-8-14-31-20)22(29)27(23(30)26-24)16-21(28)25-19(18-11-6-3-7-12-18)15-17-9-4-2-5-10-17/h2-14,19H,15-16H2,1H3,(H,25,28)(H,26,30). The molecule has 0 aliphatic carbocycles. The van der Waals surface area contributed by atoms with Crippen LogP contribution in [-0.4, -0.2) is 29.3 Å².